The van der Waals surface area contributed by atoms with Gasteiger partial charge in [0, 0.05) is 111 Å². The standard InChI is InChI=1S/C81H122N6O45P8S3/c88-31-11-33-123-139(110,141)131-64-27-43-113-70(64)50-126-140(111,142)132-63-26-42-112-69(63)49-124-136(104,105)120-39-13-36-118-135(102,103)119-38-15-41-122-138(108,109)130-68-48-65(127-71(68)51-125-137(106,107)121-40-14-37-117-134(100,101)116-35-12-34-115-133(98,99)114-32-10-4-3-8-28-82-73(91)17-6-5-16-72-75-62(52-143-72)85-80(97)86-75)58-44-53(77(94)87-78(58)95)19-25-74(92)83-29-7-1-2-9-30-84-76(93)54-18-22-57-61(45-54)81(129-79(57)96)59-23-20-55(89)46-66(59)128-67-47-56(90)21-24-60(67)81/h18-25,44-47,58-59,62-66,68-72,75,88-90H,1-17,26-43,48-52H2,(H,82,91)(H,83,92)(H,84,93)(H,98,99)(H,100,101)(H,102,103)(H,104,105)(H,106,107)(H,108,109)(H,110,141)(H,111,142)(H2,85,86,97)(H,87,94,95)/b25-19+. The molecule has 1 aliphatic carbocycles. The van der Waals surface area contributed by atoms with Gasteiger partial charge in [0.2, 0.25) is 17.7 Å². The number of phenols is 1. The molecule has 0 saturated carbocycles. The average Bonchev–Trinajstić information content (AvgIpc) is 1.56. The normalized spacial score (nSPS) is 27.2. The molecule has 2 aromatic carbocycles. The van der Waals surface area contributed by atoms with E-state index in [0.29, 0.717) is 87.1 Å². The number of phenolic OH excluding ortho intramolecular Hbond substituents is 1. The molecule has 0 radical (unpaired) electrons. The SMILES string of the molecule is O=C(/C=C/C1=CC(C2CC(OP(=O)(O)OCCCOP(=O)(O)OCCCOP(=O)(O)OCC3OCCC3OP(O)(=S)OCC3OCCC3OP(O)(=S)OCCCO)C(COP(=O)(O)OCCCOP(=O)(O)OCCCOP(=O)(O)OCCCCCCNC(=O)CCCCC3SCC4NC(=O)NC43)O2)C(=O)NC1=O)NCCCCCCNC(=O)c1ccc2c(c1)C1(OC2=O)c2ccc(O)cc2OC2C=C(O)C=CC21. The summed E-state index contributed by atoms with van der Waals surface area (Å²) in [4.78, 5) is 175. The summed E-state index contributed by atoms with van der Waals surface area (Å²) in [5.74, 6) is -4.84. The fourth-order valence-electron chi connectivity index (χ4n) is 16.2. The van der Waals surface area contributed by atoms with Gasteiger partial charge in [-0.3, -0.25) is 83.6 Å². The molecule has 143 heavy (non-hydrogen) atoms. The van der Waals surface area contributed by atoms with Gasteiger partial charge in [-0.2, -0.15) is 11.8 Å². The summed E-state index contributed by atoms with van der Waals surface area (Å²) >= 11 is 12.0. The second-order valence-corrected chi connectivity index (χ2v) is 49.3. The molecule has 22 unspecified atom stereocenters. The minimum absolute atomic E-state index is 0.0518. The van der Waals surface area contributed by atoms with Crippen LogP contribution in [0, 0.1) is 11.8 Å². The van der Waals surface area contributed by atoms with Crippen LogP contribution in [-0.4, -0.2) is 293 Å². The van der Waals surface area contributed by atoms with Gasteiger partial charge in [-0.25, -0.2) is 37.0 Å². The van der Waals surface area contributed by atoms with Crippen LogP contribution in [0.4, 0.5) is 4.79 Å². The predicted octanol–water partition coefficient (Wildman–Crippen LogP) is 7.84. The number of phosphoric ester groups is 6. The predicted molar refractivity (Wildman–Crippen MR) is 508 cm³/mol. The summed E-state index contributed by atoms with van der Waals surface area (Å²) in [6.45, 7) is -13.7. The van der Waals surface area contributed by atoms with Crippen molar-refractivity contribution in [2.45, 2.75) is 200 Å². The van der Waals surface area contributed by atoms with Gasteiger partial charge in [-0.1, -0.05) is 44.3 Å². The van der Waals surface area contributed by atoms with E-state index in [2.05, 4.69) is 31.9 Å². The van der Waals surface area contributed by atoms with Crippen molar-refractivity contribution in [3.63, 3.8) is 0 Å². The summed E-state index contributed by atoms with van der Waals surface area (Å²) < 4.78 is 189. The zero-order chi connectivity index (χ0) is 103. The quantitative estimate of drug-likeness (QED) is 0.00748. The number of imide groups is 1. The zero-order valence-electron chi connectivity index (χ0n) is 77.3. The molecule has 51 nitrogen and oxygen atoms in total. The van der Waals surface area contributed by atoms with Crippen LogP contribution >= 0.6 is 72.1 Å². The first-order chi connectivity index (χ1) is 67.9. The van der Waals surface area contributed by atoms with Crippen LogP contribution in [0.15, 0.2) is 84.2 Å². The Morgan fingerprint density at radius 2 is 1.08 bits per heavy atom. The molecule has 0 aromatic heterocycles. The van der Waals surface area contributed by atoms with Crippen LogP contribution in [-0.2, 0) is 167 Å². The number of rotatable bonds is 67. The minimum Gasteiger partial charge on any atom is -0.508 e. The fraction of sp³-hybridized carbons (Fsp3) is 0.667. The number of hydrogen-bond acceptors (Lipinski definition) is 40. The Hall–Kier alpha value is -5.00. The van der Waals surface area contributed by atoms with E-state index in [1.165, 1.54) is 36.4 Å². The number of hydrogen-bond donors (Lipinski definition) is 17. The maximum Gasteiger partial charge on any atom is 0.472 e. The number of aromatic hydroxyl groups is 1. The molecule has 8 aliphatic heterocycles. The number of carbonyl (C=O) groups excluding carboxylic acids is 7. The van der Waals surface area contributed by atoms with Crippen LogP contribution in [0.1, 0.15) is 160 Å². The highest BCUT2D eigenvalue weighted by Gasteiger charge is 2.59. The summed E-state index contributed by atoms with van der Waals surface area (Å²) in [6, 6.07) is 9.11. The van der Waals surface area contributed by atoms with E-state index < -0.39 is 235 Å². The van der Waals surface area contributed by atoms with Crippen molar-refractivity contribution in [2.75, 3.05) is 131 Å². The van der Waals surface area contributed by atoms with Crippen LogP contribution in [0.3, 0.4) is 0 Å². The van der Waals surface area contributed by atoms with E-state index in [1.54, 1.807) is 18.2 Å². The number of unbranched alkanes of at least 4 members (excludes halogenated alkanes) is 7. The molecule has 1 spiro atoms. The summed E-state index contributed by atoms with van der Waals surface area (Å²) in [5, 5.41) is 46.5. The Labute approximate surface area is 837 Å². The van der Waals surface area contributed by atoms with Crippen molar-refractivity contribution >= 4 is 137 Å². The molecule has 62 heteroatoms. The first-order valence-electron chi connectivity index (χ1n) is 46.2. The van der Waals surface area contributed by atoms with Gasteiger partial charge >= 0.3 is 72.4 Å². The van der Waals surface area contributed by atoms with Crippen molar-refractivity contribution in [3.05, 3.63) is 106 Å². The average molecular weight is 2240 g/mol. The van der Waals surface area contributed by atoms with E-state index in [-0.39, 0.29) is 143 Å². The molecule has 17 N–H and O–H groups in total. The van der Waals surface area contributed by atoms with Crippen molar-refractivity contribution in [1.82, 2.24) is 31.9 Å². The Bertz CT molecular complexity index is 5230. The third kappa shape index (κ3) is 38.1. The van der Waals surface area contributed by atoms with Gasteiger partial charge in [-0.05, 0) is 143 Å². The van der Waals surface area contributed by atoms with Crippen molar-refractivity contribution in [1.29, 1.82) is 0 Å². The number of urea groups is 1. The van der Waals surface area contributed by atoms with E-state index >= 15 is 0 Å². The summed E-state index contributed by atoms with van der Waals surface area (Å²) in [7, 11) is -29.5. The lowest BCUT2D eigenvalue weighted by molar-refractivity contribution is -0.134. The molecule has 5 saturated heterocycles. The molecular weight excluding hydrogens is 2120 g/mol. The Morgan fingerprint density at radius 1 is 0.545 bits per heavy atom. The molecule has 22 atom stereocenters. The second kappa shape index (κ2) is 55.9. The van der Waals surface area contributed by atoms with Crippen LogP contribution in [0.25, 0.3) is 0 Å². The van der Waals surface area contributed by atoms with E-state index in [0.717, 1.165) is 43.2 Å². The van der Waals surface area contributed by atoms with E-state index in [9.17, 15) is 110 Å². The lowest BCUT2D eigenvalue weighted by Gasteiger charge is -2.44. The van der Waals surface area contributed by atoms with Crippen molar-refractivity contribution < 1.29 is 211 Å². The minimum atomic E-state index is -5.28. The van der Waals surface area contributed by atoms with Crippen LogP contribution in [0.2, 0.25) is 0 Å². The number of aliphatic hydroxyl groups excluding tert-OH is 2. The Kier molecular flexibility index (Phi) is 46.2. The number of thioether (sulfide) groups is 1. The molecular formula is C81H122N6O45P8S3. The largest absolute Gasteiger partial charge is 0.508 e. The molecule has 7 amide bonds. The smallest absolute Gasteiger partial charge is 0.472 e. The van der Waals surface area contributed by atoms with E-state index in [1.807, 2.05) is 11.8 Å². The monoisotopic (exact) mass is 2240 g/mol. The lowest BCUT2D eigenvalue weighted by Crippen LogP contribution is -2.48. The second-order valence-electron chi connectivity index (χ2n) is 33.8. The number of benzene rings is 2. The number of fused-ring (bicyclic) bond motifs is 7. The third-order valence-electron chi connectivity index (χ3n) is 23.1. The number of phosphoric acid groups is 6. The van der Waals surface area contributed by atoms with Crippen LogP contribution in [0.5, 0.6) is 11.5 Å². The number of esters is 1. The first-order valence-corrected chi connectivity index (χ1v) is 61.4. The third-order valence-corrected chi connectivity index (χ3v) is 33.9. The van der Waals surface area contributed by atoms with Gasteiger partial charge in [0.15, 0.2) is 5.60 Å². The molecule has 9 aliphatic rings. The molecule has 8 heterocycles. The fourth-order valence-corrected chi connectivity index (χ4v) is 25.7. The molecule has 2 aromatic rings. The van der Waals surface area contributed by atoms with Crippen LogP contribution < -0.4 is 36.6 Å². The summed E-state index contributed by atoms with van der Waals surface area (Å²) in [6.07, 6.45) is 5.16. The Morgan fingerprint density at radius 3 is 1.67 bits per heavy atom. The van der Waals surface area contributed by atoms with Gasteiger partial charge in [0.05, 0.1) is 134 Å². The van der Waals surface area contributed by atoms with Crippen molar-refractivity contribution in [2.24, 2.45) is 11.8 Å². The highest BCUT2D eigenvalue weighted by Crippen LogP contribution is 2.59. The first kappa shape index (κ1) is 118. The van der Waals surface area contributed by atoms with Crippen molar-refractivity contribution in [3.8, 4) is 11.5 Å². The lowest BCUT2D eigenvalue weighted by atomic mass is 9.70. The number of carbonyl (C=O) groups is 7. The van der Waals surface area contributed by atoms with Gasteiger partial charge in [-0.15, -0.1) is 0 Å². The number of nitrogens with one attached hydrogen (secondary N) is 6. The molecule has 804 valence electrons. The topological polar surface area (TPSA) is 710 Å². The zero-order valence-corrected chi connectivity index (χ0v) is 86.9. The molecule has 11 rings (SSSR count). The number of allylic oxidation sites excluding steroid dienone is 1. The number of aliphatic hydroxyl groups is 2. The van der Waals surface area contributed by atoms with Gasteiger partial charge < -0.3 is 123 Å². The van der Waals surface area contributed by atoms with E-state index in [4.69, 9.17) is 125 Å². The number of ether oxygens (including phenoxy) is 5. The number of amides is 7. The molecule has 5 fully saturated rings. The highest BCUT2D eigenvalue weighted by atomic mass is 32.5. The van der Waals surface area contributed by atoms with Gasteiger partial charge in [0.1, 0.15) is 47.8 Å². The maximum absolute atomic E-state index is 13.6. The maximum atomic E-state index is 13.6. The summed E-state index contributed by atoms with van der Waals surface area (Å²) in [5.41, 5.74) is -0.388. The molecule has 0 bridgehead atoms. The van der Waals surface area contributed by atoms with Gasteiger partial charge in [0.25, 0.3) is 11.8 Å². The Balaban J connectivity index is 0.586. The highest BCUT2D eigenvalue weighted by molar-refractivity contribution is 8.07.